The van der Waals surface area contributed by atoms with Crippen molar-refractivity contribution in [3.8, 4) is 0 Å². The van der Waals surface area contributed by atoms with Gasteiger partial charge < -0.3 is 5.11 Å². The van der Waals surface area contributed by atoms with E-state index in [2.05, 4.69) is 10.4 Å². The fourth-order valence-electron chi connectivity index (χ4n) is 3.40. The van der Waals surface area contributed by atoms with Crippen molar-refractivity contribution in [2.45, 2.75) is 5.60 Å². The summed E-state index contributed by atoms with van der Waals surface area (Å²) in [5.74, 6) is -1.23. The molecule has 4 aromatic rings. The summed E-state index contributed by atoms with van der Waals surface area (Å²) in [6, 6.07) is 29.1. The Hall–Kier alpha value is -4.29. The number of aromatic nitrogens is 1. The molecule has 3 aromatic carbocycles. The molecule has 6 nitrogen and oxygen atoms in total. The number of pyridine rings is 1. The molecular weight excluding hydrogens is 402 g/mol. The first-order valence-electron chi connectivity index (χ1n) is 10.0. The molecule has 0 aliphatic rings. The maximum Gasteiger partial charge on any atom is 0.280 e. The quantitative estimate of drug-likeness (QED) is 0.480. The lowest BCUT2D eigenvalue weighted by atomic mass is 9.85. The number of para-hydroxylation sites is 1. The number of nitrogens with zero attached hydrogens (tertiary/aromatic N) is 2. The molecule has 2 N–H and O–H groups in total. The zero-order chi connectivity index (χ0) is 22.4. The highest BCUT2D eigenvalue weighted by atomic mass is 16.3. The Morgan fingerprint density at radius 3 is 1.69 bits per heavy atom. The Morgan fingerprint density at radius 2 is 1.19 bits per heavy atom. The molecule has 0 aliphatic carbocycles. The van der Waals surface area contributed by atoms with Gasteiger partial charge in [-0.2, -0.15) is 0 Å². The second-order valence-electron chi connectivity index (χ2n) is 7.10. The lowest BCUT2D eigenvalue weighted by Crippen LogP contribution is -2.54. The van der Waals surface area contributed by atoms with Crippen molar-refractivity contribution in [3.05, 3.63) is 132 Å². The number of anilines is 1. The van der Waals surface area contributed by atoms with E-state index in [1.165, 1.54) is 12.4 Å². The SMILES string of the molecule is O=C(c1ccncc1)N(NC(=O)C(O)(c1ccccc1)c1ccccc1)c1ccccc1. The standard InChI is InChI=1S/C26H21N3O3/c30-24(20-16-18-27-19-17-20)29(23-14-8-3-9-15-23)28-25(31)26(32,21-10-4-1-5-11-21)22-12-6-2-7-13-22/h1-19,32H,(H,28,31). The smallest absolute Gasteiger partial charge is 0.280 e. The van der Waals surface area contributed by atoms with Gasteiger partial charge in [-0.25, -0.2) is 5.01 Å². The number of benzene rings is 3. The minimum atomic E-state index is -2.02. The molecule has 0 spiro atoms. The Kier molecular flexibility index (Phi) is 6.05. The van der Waals surface area contributed by atoms with Crippen LogP contribution < -0.4 is 10.4 Å². The van der Waals surface area contributed by atoms with Crippen LogP contribution in [0.15, 0.2) is 116 Å². The Labute approximate surface area is 185 Å². The van der Waals surface area contributed by atoms with Crippen LogP contribution in [-0.4, -0.2) is 21.9 Å². The van der Waals surface area contributed by atoms with Crippen molar-refractivity contribution >= 4 is 17.5 Å². The number of carbonyl (C=O) groups excluding carboxylic acids is 2. The highest BCUT2D eigenvalue weighted by Crippen LogP contribution is 2.30. The summed E-state index contributed by atoms with van der Waals surface area (Å²) in [6.07, 6.45) is 3.00. The number of amides is 2. The van der Waals surface area contributed by atoms with Crippen LogP contribution in [0.5, 0.6) is 0 Å². The van der Waals surface area contributed by atoms with Gasteiger partial charge >= 0.3 is 0 Å². The van der Waals surface area contributed by atoms with Crippen molar-refractivity contribution in [2.24, 2.45) is 0 Å². The molecule has 0 fully saturated rings. The van der Waals surface area contributed by atoms with Gasteiger partial charge in [-0.1, -0.05) is 78.9 Å². The van der Waals surface area contributed by atoms with Crippen molar-refractivity contribution < 1.29 is 14.7 Å². The molecule has 1 heterocycles. The third kappa shape index (κ3) is 4.12. The van der Waals surface area contributed by atoms with Crippen molar-refractivity contribution in [2.75, 3.05) is 5.01 Å². The van der Waals surface area contributed by atoms with E-state index >= 15 is 0 Å². The molecule has 0 atom stereocenters. The molecule has 0 saturated carbocycles. The van der Waals surface area contributed by atoms with E-state index < -0.39 is 17.4 Å². The van der Waals surface area contributed by atoms with E-state index in [1.807, 2.05) is 6.07 Å². The van der Waals surface area contributed by atoms with E-state index in [0.717, 1.165) is 5.01 Å². The molecular formula is C26H21N3O3. The maximum atomic E-state index is 13.6. The van der Waals surface area contributed by atoms with E-state index in [1.54, 1.807) is 97.1 Å². The minimum absolute atomic E-state index is 0.340. The summed E-state index contributed by atoms with van der Waals surface area (Å²) >= 11 is 0. The average molecular weight is 423 g/mol. The van der Waals surface area contributed by atoms with E-state index in [-0.39, 0.29) is 0 Å². The minimum Gasteiger partial charge on any atom is -0.372 e. The Morgan fingerprint density at radius 1 is 0.719 bits per heavy atom. The first kappa shape index (κ1) is 21.0. The van der Waals surface area contributed by atoms with Crippen LogP contribution in [0.4, 0.5) is 5.69 Å². The normalized spacial score (nSPS) is 10.9. The summed E-state index contributed by atoms with van der Waals surface area (Å²) in [4.78, 5) is 30.8. The number of hydrazine groups is 1. The summed E-state index contributed by atoms with van der Waals surface area (Å²) in [5.41, 5.74) is 2.18. The molecule has 158 valence electrons. The van der Waals surface area contributed by atoms with Crippen LogP contribution in [0.1, 0.15) is 21.5 Å². The van der Waals surface area contributed by atoms with Crippen LogP contribution in [0.2, 0.25) is 0 Å². The Bertz CT molecular complexity index is 1140. The lowest BCUT2D eigenvalue weighted by Gasteiger charge is -2.32. The number of nitrogens with one attached hydrogen (secondary N) is 1. The zero-order valence-corrected chi connectivity index (χ0v) is 17.1. The highest BCUT2D eigenvalue weighted by molar-refractivity contribution is 6.08. The lowest BCUT2D eigenvalue weighted by molar-refractivity contribution is -0.136. The first-order valence-corrected chi connectivity index (χ1v) is 10.0. The number of aliphatic hydroxyl groups is 1. The van der Waals surface area contributed by atoms with Crippen LogP contribution >= 0.6 is 0 Å². The molecule has 0 radical (unpaired) electrons. The van der Waals surface area contributed by atoms with Crippen molar-refractivity contribution in [1.29, 1.82) is 0 Å². The predicted octanol–water partition coefficient (Wildman–Crippen LogP) is 3.70. The van der Waals surface area contributed by atoms with Gasteiger partial charge in [0.1, 0.15) is 0 Å². The second kappa shape index (κ2) is 9.24. The number of rotatable bonds is 5. The van der Waals surface area contributed by atoms with Gasteiger partial charge in [0.15, 0.2) is 5.60 Å². The molecule has 32 heavy (non-hydrogen) atoms. The number of hydrogen-bond acceptors (Lipinski definition) is 4. The van der Waals surface area contributed by atoms with Gasteiger partial charge in [-0.15, -0.1) is 0 Å². The number of hydrogen-bond donors (Lipinski definition) is 2. The summed E-state index contributed by atoms with van der Waals surface area (Å²) in [6.45, 7) is 0. The van der Waals surface area contributed by atoms with Gasteiger partial charge in [-0.05, 0) is 35.4 Å². The van der Waals surface area contributed by atoms with Gasteiger partial charge in [0, 0.05) is 18.0 Å². The fourth-order valence-corrected chi connectivity index (χ4v) is 3.40. The third-order valence-corrected chi connectivity index (χ3v) is 5.07. The van der Waals surface area contributed by atoms with Crippen molar-refractivity contribution in [1.82, 2.24) is 10.4 Å². The third-order valence-electron chi connectivity index (χ3n) is 5.07. The largest absolute Gasteiger partial charge is 0.372 e. The molecule has 6 heteroatoms. The summed E-state index contributed by atoms with van der Waals surface area (Å²) < 4.78 is 0. The molecule has 0 unspecified atom stereocenters. The molecule has 2 amide bonds. The fraction of sp³-hybridized carbons (Fsp3) is 0.0385. The van der Waals surface area contributed by atoms with E-state index in [9.17, 15) is 14.7 Å². The van der Waals surface area contributed by atoms with Gasteiger partial charge in [0.05, 0.1) is 5.69 Å². The maximum absolute atomic E-state index is 13.6. The number of carbonyl (C=O) groups is 2. The van der Waals surface area contributed by atoms with E-state index in [4.69, 9.17) is 0 Å². The monoisotopic (exact) mass is 423 g/mol. The van der Waals surface area contributed by atoms with Gasteiger partial charge in [0.2, 0.25) is 0 Å². The first-order chi connectivity index (χ1) is 15.6. The predicted molar refractivity (Wildman–Crippen MR) is 122 cm³/mol. The van der Waals surface area contributed by atoms with Crippen LogP contribution in [-0.2, 0) is 10.4 Å². The van der Waals surface area contributed by atoms with Crippen LogP contribution in [0, 0.1) is 0 Å². The molecule has 0 bridgehead atoms. The highest BCUT2D eigenvalue weighted by Gasteiger charge is 2.41. The molecule has 0 aliphatic heterocycles. The van der Waals surface area contributed by atoms with Gasteiger partial charge in [0.25, 0.3) is 11.8 Å². The van der Waals surface area contributed by atoms with E-state index in [0.29, 0.717) is 22.4 Å². The molecule has 0 saturated heterocycles. The molecule has 4 rings (SSSR count). The Balaban J connectivity index is 1.76. The van der Waals surface area contributed by atoms with Crippen molar-refractivity contribution in [3.63, 3.8) is 0 Å². The molecule has 1 aromatic heterocycles. The average Bonchev–Trinajstić information content (AvgIpc) is 2.88. The van der Waals surface area contributed by atoms with Crippen LogP contribution in [0.3, 0.4) is 0 Å². The summed E-state index contributed by atoms with van der Waals surface area (Å²) in [7, 11) is 0. The van der Waals surface area contributed by atoms with Gasteiger partial charge in [-0.3, -0.25) is 20.0 Å². The second-order valence-corrected chi connectivity index (χ2v) is 7.10. The summed E-state index contributed by atoms with van der Waals surface area (Å²) in [5, 5.41) is 12.8. The topological polar surface area (TPSA) is 82.5 Å². The van der Waals surface area contributed by atoms with Crippen LogP contribution in [0.25, 0.3) is 0 Å². The zero-order valence-electron chi connectivity index (χ0n) is 17.1.